The average Bonchev–Trinajstić information content (AvgIpc) is 2.78. The SMILES string of the molecule is CCn1cc[n+](C)c1-c1cc([N+]2=C(C(C)(C)C)N=C2)ccc1C. The monoisotopic (exact) mass is 310 g/mol. The Morgan fingerprint density at radius 2 is 1.96 bits per heavy atom. The lowest BCUT2D eigenvalue weighted by Gasteiger charge is -2.22. The second-order valence-electron chi connectivity index (χ2n) is 7.21. The van der Waals surface area contributed by atoms with Crippen LogP contribution in [0.5, 0.6) is 0 Å². The Kier molecular flexibility index (Phi) is 3.71. The molecule has 1 aliphatic heterocycles. The van der Waals surface area contributed by atoms with Gasteiger partial charge in [0.1, 0.15) is 18.1 Å². The van der Waals surface area contributed by atoms with Crippen molar-refractivity contribution in [3.8, 4) is 11.4 Å². The Labute approximate surface area is 138 Å². The zero-order valence-corrected chi connectivity index (χ0v) is 15.0. The Morgan fingerprint density at radius 1 is 1.22 bits per heavy atom. The minimum absolute atomic E-state index is 0.0497. The van der Waals surface area contributed by atoms with Gasteiger partial charge in [0, 0.05) is 0 Å². The molecule has 0 atom stereocenters. The maximum Gasteiger partial charge on any atom is 0.289 e. The van der Waals surface area contributed by atoms with E-state index >= 15 is 0 Å². The van der Waals surface area contributed by atoms with Crippen LogP contribution in [0.15, 0.2) is 35.6 Å². The maximum atomic E-state index is 4.47. The van der Waals surface area contributed by atoms with Crippen molar-refractivity contribution in [2.45, 2.75) is 41.2 Å². The molecule has 0 bridgehead atoms. The summed E-state index contributed by atoms with van der Waals surface area (Å²) in [4.78, 5) is 4.47. The van der Waals surface area contributed by atoms with Gasteiger partial charge in [0.15, 0.2) is 0 Å². The molecule has 0 saturated carbocycles. The summed E-state index contributed by atoms with van der Waals surface area (Å²) < 4.78 is 6.67. The van der Waals surface area contributed by atoms with Crippen molar-refractivity contribution in [3.63, 3.8) is 0 Å². The summed E-state index contributed by atoms with van der Waals surface area (Å²) in [5.41, 5.74) is 3.78. The Bertz CT molecular complexity index is 816. The van der Waals surface area contributed by atoms with E-state index < -0.39 is 0 Å². The number of aliphatic imine (C=N–C) groups is 1. The van der Waals surface area contributed by atoms with Crippen LogP contribution in [0.2, 0.25) is 0 Å². The fraction of sp³-hybridized carbons (Fsp3) is 0.421. The fourth-order valence-corrected chi connectivity index (χ4v) is 3.04. The van der Waals surface area contributed by atoms with Crippen LogP contribution >= 0.6 is 0 Å². The van der Waals surface area contributed by atoms with Crippen LogP contribution in [0.3, 0.4) is 0 Å². The van der Waals surface area contributed by atoms with Crippen molar-refractivity contribution in [3.05, 3.63) is 36.2 Å². The summed E-state index contributed by atoms with van der Waals surface area (Å²) in [6.07, 6.45) is 6.16. The summed E-state index contributed by atoms with van der Waals surface area (Å²) >= 11 is 0. The molecule has 0 unspecified atom stereocenters. The minimum Gasteiger partial charge on any atom is -0.233 e. The van der Waals surface area contributed by atoms with E-state index in [1.165, 1.54) is 22.6 Å². The molecule has 4 nitrogen and oxygen atoms in total. The number of aromatic nitrogens is 2. The highest BCUT2D eigenvalue weighted by molar-refractivity contribution is 5.97. The van der Waals surface area contributed by atoms with Crippen molar-refractivity contribution >= 4 is 17.9 Å². The Morgan fingerprint density at radius 3 is 2.52 bits per heavy atom. The van der Waals surface area contributed by atoms with Gasteiger partial charge < -0.3 is 0 Å². The molecule has 2 aromatic rings. The number of imidazole rings is 1. The molecule has 4 heteroatoms. The van der Waals surface area contributed by atoms with Gasteiger partial charge in [-0.2, -0.15) is 0 Å². The maximum absolute atomic E-state index is 4.47. The van der Waals surface area contributed by atoms with Gasteiger partial charge in [-0.1, -0.05) is 31.8 Å². The fourth-order valence-electron chi connectivity index (χ4n) is 3.04. The Hall–Kier alpha value is -2.23. The van der Waals surface area contributed by atoms with Crippen LogP contribution in [-0.2, 0) is 13.6 Å². The molecule has 0 amide bonds. The molecule has 1 aromatic heterocycles. The number of hydrogen-bond donors (Lipinski definition) is 0. The number of nitrogens with zero attached hydrogens (tertiary/aromatic N) is 4. The molecule has 120 valence electrons. The van der Waals surface area contributed by atoms with E-state index in [2.05, 4.69) is 91.0 Å². The number of rotatable bonds is 3. The first-order chi connectivity index (χ1) is 10.8. The molecule has 1 aromatic carbocycles. The third-order valence-electron chi connectivity index (χ3n) is 4.35. The zero-order chi connectivity index (χ0) is 16.8. The van der Waals surface area contributed by atoms with Crippen molar-refractivity contribution in [2.24, 2.45) is 17.5 Å². The van der Waals surface area contributed by atoms with Crippen molar-refractivity contribution in [1.29, 1.82) is 0 Å². The van der Waals surface area contributed by atoms with E-state index in [4.69, 9.17) is 0 Å². The highest BCUT2D eigenvalue weighted by atomic mass is 15.2. The molecule has 0 fully saturated rings. The zero-order valence-electron chi connectivity index (χ0n) is 15.0. The summed E-state index contributed by atoms with van der Waals surface area (Å²) in [7, 11) is 2.10. The first kappa shape index (κ1) is 15.7. The van der Waals surface area contributed by atoms with E-state index in [0.717, 1.165) is 12.4 Å². The van der Waals surface area contributed by atoms with Crippen LogP contribution in [0.4, 0.5) is 5.69 Å². The Balaban J connectivity index is 2.13. The largest absolute Gasteiger partial charge is 0.289 e. The lowest BCUT2D eigenvalue weighted by Crippen LogP contribution is -2.34. The van der Waals surface area contributed by atoms with E-state index in [9.17, 15) is 0 Å². The standard InChI is InChI=1S/C19H26N4/c1-7-22-11-10-21(6)17(22)16-12-15(9-8-14(16)2)23-13-20-18(23)19(3,4)5/h8-13H,7H2,1-6H3/q+2. The summed E-state index contributed by atoms with van der Waals surface area (Å²) in [5.74, 6) is 2.35. The molecular formula is C19H26N4+2. The first-order valence-corrected chi connectivity index (χ1v) is 8.19. The van der Waals surface area contributed by atoms with Gasteiger partial charge in [0.2, 0.25) is 6.34 Å². The van der Waals surface area contributed by atoms with Crippen LogP contribution in [0, 0.1) is 12.3 Å². The third-order valence-corrected chi connectivity index (χ3v) is 4.35. The topological polar surface area (TPSA) is 24.2 Å². The molecule has 0 saturated heterocycles. The minimum atomic E-state index is 0.0497. The first-order valence-electron chi connectivity index (χ1n) is 8.19. The van der Waals surface area contributed by atoms with Crippen molar-refractivity contribution < 1.29 is 9.14 Å². The summed E-state index contributed by atoms with van der Waals surface area (Å²) in [6.45, 7) is 11.9. The predicted molar refractivity (Wildman–Crippen MR) is 94.3 cm³/mol. The van der Waals surface area contributed by atoms with Crippen molar-refractivity contribution in [1.82, 2.24) is 4.57 Å². The van der Waals surface area contributed by atoms with Crippen molar-refractivity contribution in [2.75, 3.05) is 0 Å². The molecule has 0 N–H and O–H groups in total. The van der Waals surface area contributed by atoms with Crippen LogP contribution in [0.1, 0.15) is 33.3 Å². The molecule has 23 heavy (non-hydrogen) atoms. The molecule has 0 spiro atoms. The van der Waals surface area contributed by atoms with E-state index in [-0.39, 0.29) is 5.41 Å². The number of benzene rings is 1. The van der Waals surface area contributed by atoms with Gasteiger partial charge in [-0.05, 0) is 31.5 Å². The van der Waals surface area contributed by atoms with Gasteiger partial charge >= 0.3 is 0 Å². The quantitative estimate of drug-likeness (QED) is 0.776. The normalized spacial score (nSPS) is 14.3. The van der Waals surface area contributed by atoms with Gasteiger partial charge in [-0.3, -0.25) is 0 Å². The van der Waals surface area contributed by atoms with Crippen LogP contribution in [0.25, 0.3) is 11.4 Å². The highest BCUT2D eigenvalue weighted by Gasteiger charge is 2.32. The van der Waals surface area contributed by atoms with E-state index in [0.29, 0.717) is 0 Å². The predicted octanol–water partition coefficient (Wildman–Crippen LogP) is 3.44. The lowest BCUT2D eigenvalue weighted by atomic mass is 9.93. The molecular weight excluding hydrogens is 284 g/mol. The smallest absolute Gasteiger partial charge is 0.233 e. The third kappa shape index (κ3) is 2.62. The van der Waals surface area contributed by atoms with Crippen LogP contribution < -0.4 is 4.57 Å². The van der Waals surface area contributed by atoms with Crippen LogP contribution in [-0.4, -0.2) is 21.3 Å². The van der Waals surface area contributed by atoms with Gasteiger partial charge in [-0.15, -0.1) is 0 Å². The molecule has 2 heterocycles. The van der Waals surface area contributed by atoms with Gasteiger partial charge in [0.05, 0.1) is 24.6 Å². The molecule has 0 aliphatic carbocycles. The highest BCUT2D eigenvalue weighted by Crippen LogP contribution is 2.29. The number of aryl methyl sites for hydroxylation is 3. The van der Waals surface area contributed by atoms with Gasteiger partial charge in [0.25, 0.3) is 11.7 Å². The summed E-state index contributed by atoms with van der Waals surface area (Å²) in [6, 6.07) is 6.65. The van der Waals surface area contributed by atoms with E-state index in [1.54, 1.807) is 0 Å². The second-order valence-corrected chi connectivity index (χ2v) is 7.21. The molecule has 1 aliphatic rings. The summed E-state index contributed by atoms with van der Waals surface area (Å²) in [5, 5.41) is 0. The lowest BCUT2D eigenvalue weighted by molar-refractivity contribution is -0.659. The molecule has 0 radical (unpaired) electrons. The van der Waals surface area contributed by atoms with E-state index in [1.807, 2.05) is 6.34 Å². The molecule has 3 rings (SSSR count). The second kappa shape index (κ2) is 5.44. The average molecular weight is 310 g/mol. The number of hydrogen-bond acceptors (Lipinski definition) is 1. The number of amidine groups is 1. The van der Waals surface area contributed by atoms with Gasteiger partial charge in [-0.25, -0.2) is 13.7 Å².